The molecule has 14 heteroatoms. The fraction of sp³-hybridized carbons (Fsp3) is 0.250. The summed E-state index contributed by atoms with van der Waals surface area (Å²) < 4.78 is 82.0. The number of hydrogen-bond donors (Lipinski definition) is 1. The van der Waals surface area contributed by atoms with Crippen LogP contribution in [0.25, 0.3) is 11.5 Å². The monoisotopic (exact) mass is 518 g/mol. The van der Waals surface area contributed by atoms with Gasteiger partial charge in [-0.3, -0.25) is 4.79 Å². The van der Waals surface area contributed by atoms with Gasteiger partial charge in [0, 0.05) is 10.6 Å². The van der Waals surface area contributed by atoms with E-state index in [1.165, 1.54) is 12.1 Å². The molecule has 2 heterocycles. The Morgan fingerprint density at radius 1 is 1.18 bits per heavy atom. The van der Waals surface area contributed by atoms with Crippen LogP contribution in [0.15, 0.2) is 51.8 Å². The number of carbonyl (C=O) groups is 1. The highest BCUT2D eigenvalue weighted by Gasteiger charge is 2.45. The van der Waals surface area contributed by atoms with Crippen LogP contribution in [0.3, 0.4) is 0 Å². The van der Waals surface area contributed by atoms with Crippen molar-refractivity contribution in [1.82, 2.24) is 10.2 Å². The van der Waals surface area contributed by atoms with Crippen molar-refractivity contribution in [2.75, 3.05) is 10.7 Å². The normalized spacial score (nSPS) is 18.9. The van der Waals surface area contributed by atoms with E-state index in [-0.39, 0.29) is 22.7 Å². The minimum Gasteiger partial charge on any atom is -0.417 e. The number of hydrogen-bond acceptors (Lipinski definition) is 7. The number of alkyl halides is 4. The number of anilines is 1. The number of nitrogens with zero attached hydrogens (tertiary/aromatic N) is 3. The van der Waals surface area contributed by atoms with E-state index < -0.39 is 51.7 Å². The molecule has 1 unspecified atom stereocenters. The standard InChI is InChI=1S/C20H15ClF4N4O4S/c21-12-4-1-10(2-5-12)8-29-14-7-11(17-27-28-18(33-17)16(22)20(23,24)25)3-6-15(14)34(31,32)9-13(26)19(29)30/h1-7,13,16H,8-9,26H2/t13-,16?/m0/s1. The summed E-state index contributed by atoms with van der Waals surface area (Å²) in [5.74, 6) is -3.13. The summed E-state index contributed by atoms with van der Waals surface area (Å²) in [7, 11) is -4.00. The van der Waals surface area contributed by atoms with Gasteiger partial charge in [-0.25, -0.2) is 12.8 Å². The van der Waals surface area contributed by atoms with Gasteiger partial charge < -0.3 is 15.1 Å². The van der Waals surface area contributed by atoms with Crippen molar-refractivity contribution < 1.29 is 35.2 Å². The van der Waals surface area contributed by atoms with E-state index in [0.29, 0.717) is 10.6 Å². The maximum atomic E-state index is 13.6. The van der Waals surface area contributed by atoms with Gasteiger partial charge in [0.25, 0.3) is 12.1 Å². The van der Waals surface area contributed by atoms with Gasteiger partial charge in [-0.05, 0) is 35.9 Å². The van der Waals surface area contributed by atoms with Crippen molar-refractivity contribution in [3.05, 3.63) is 58.9 Å². The second kappa shape index (κ2) is 8.64. The Bertz CT molecular complexity index is 1350. The summed E-state index contributed by atoms with van der Waals surface area (Å²) >= 11 is 5.89. The van der Waals surface area contributed by atoms with Gasteiger partial charge in [0.2, 0.25) is 11.8 Å². The Hall–Kier alpha value is -3.03. The number of rotatable bonds is 4. The number of benzene rings is 2. The summed E-state index contributed by atoms with van der Waals surface area (Å²) in [5, 5.41) is 6.98. The maximum absolute atomic E-state index is 13.6. The number of fused-ring (bicyclic) bond motifs is 1. The first-order valence-electron chi connectivity index (χ1n) is 9.59. The van der Waals surface area contributed by atoms with Gasteiger partial charge in [0.05, 0.1) is 28.9 Å². The van der Waals surface area contributed by atoms with Crippen LogP contribution < -0.4 is 10.6 Å². The van der Waals surface area contributed by atoms with E-state index in [0.717, 1.165) is 11.0 Å². The Kier molecular flexibility index (Phi) is 6.12. The van der Waals surface area contributed by atoms with Crippen molar-refractivity contribution in [1.29, 1.82) is 0 Å². The predicted octanol–water partition coefficient (Wildman–Crippen LogP) is 3.61. The molecule has 180 valence electrons. The molecular weight excluding hydrogens is 504 g/mol. The van der Waals surface area contributed by atoms with Crippen molar-refractivity contribution >= 4 is 33.0 Å². The van der Waals surface area contributed by atoms with Crippen molar-refractivity contribution in [3.8, 4) is 11.5 Å². The second-order valence-electron chi connectivity index (χ2n) is 7.47. The molecule has 1 aliphatic heterocycles. The number of nitrogens with two attached hydrogens (primary N) is 1. The zero-order valence-corrected chi connectivity index (χ0v) is 18.5. The average Bonchev–Trinajstić information content (AvgIpc) is 3.24. The number of sulfone groups is 1. The molecule has 2 N–H and O–H groups in total. The molecule has 0 spiro atoms. The molecule has 0 radical (unpaired) electrons. The Labute approximate surface area is 195 Å². The molecular formula is C20H15ClF4N4O4S. The first-order chi connectivity index (χ1) is 15.9. The molecule has 0 saturated carbocycles. The van der Waals surface area contributed by atoms with Gasteiger partial charge in [0.1, 0.15) is 0 Å². The van der Waals surface area contributed by atoms with E-state index in [1.807, 2.05) is 0 Å². The van der Waals surface area contributed by atoms with E-state index in [4.69, 9.17) is 21.8 Å². The number of carbonyl (C=O) groups excluding carboxylic acids is 1. The summed E-state index contributed by atoms with van der Waals surface area (Å²) in [6, 6.07) is 8.62. The molecule has 34 heavy (non-hydrogen) atoms. The first-order valence-corrected chi connectivity index (χ1v) is 11.6. The van der Waals surface area contributed by atoms with Crippen LogP contribution >= 0.6 is 11.6 Å². The maximum Gasteiger partial charge on any atom is 0.428 e. The second-order valence-corrected chi connectivity index (χ2v) is 9.91. The summed E-state index contributed by atoms with van der Waals surface area (Å²) in [6.07, 6.45) is -8.74. The largest absolute Gasteiger partial charge is 0.428 e. The van der Waals surface area contributed by atoms with Crippen LogP contribution in [-0.4, -0.2) is 42.5 Å². The van der Waals surface area contributed by atoms with Crippen molar-refractivity contribution in [2.24, 2.45) is 5.73 Å². The third-order valence-corrected chi connectivity index (χ3v) is 7.08. The minimum atomic E-state index is -5.25. The van der Waals surface area contributed by atoms with E-state index in [2.05, 4.69) is 10.2 Å². The van der Waals surface area contributed by atoms with Crippen LogP contribution in [0.5, 0.6) is 0 Å². The van der Waals surface area contributed by atoms with Crippen molar-refractivity contribution in [2.45, 2.75) is 29.8 Å². The topological polar surface area (TPSA) is 119 Å². The molecule has 0 bridgehead atoms. The molecule has 3 aromatic rings. The number of aromatic nitrogens is 2. The number of halogens is 5. The lowest BCUT2D eigenvalue weighted by Gasteiger charge is -2.24. The molecule has 1 aromatic heterocycles. The van der Waals surface area contributed by atoms with Crippen molar-refractivity contribution in [3.63, 3.8) is 0 Å². The SMILES string of the molecule is N[C@H]1CS(=O)(=O)c2ccc(-c3nnc(C(F)C(F)(F)F)o3)cc2N(Cc2ccc(Cl)cc2)C1=O. The fourth-order valence-corrected chi connectivity index (χ4v) is 5.05. The van der Waals surface area contributed by atoms with Gasteiger partial charge in [-0.2, -0.15) is 13.2 Å². The highest BCUT2D eigenvalue weighted by molar-refractivity contribution is 7.91. The third kappa shape index (κ3) is 4.63. The average molecular weight is 519 g/mol. The molecule has 2 atom stereocenters. The van der Waals surface area contributed by atoms with Crippen LogP contribution in [-0.2, 0) is 21.2 Å². The lowest BCUT2D eigenvalue weighted by molar-refractivity contribution is -0.188. The zero-order valence-electron chi connectivity index (χ0n) is 17.0. The molecule has 0 saturated heterocycles. The van der Waals surface area contributed by atoms with Gasteiger partial charge >= 0.3 is 6.18 Å². The van der Waals surface area contributed by atoms with E-state index in [1.54, 1.807) is 24.3 Å². The lowest BCUT2D eigenvalue weighted by atomic mass is 10.1. The molecule has 1 aliphatic rings. The molecule has 8 nitrogen and oxygen atoms in total. The van der Waals surface area contributed by atoms with Gasteiger partial charge in [0.15, 0.2) is 9.84 Å². The molecule has 1 amide bonds. The van der Waals surface area contributed by atoms with Crippen LogP contribution in [0.2, 0.25) is 5.02 Å². The molecule has 0 fully saturated rings. The predicted molar refractivity (Wildman–Crippen MR) is 112 cm³/mol. The molecule has 2 aromatic carbocycles. The van der Waals surface area contributed by atoms with E-state index >= 15 is 0 Å². The van der Waals surface area contributed by atoms with Gasteiger partial charge in [-0.15, -0.1) is 10.2 Å². The molecule has 0 aliphatic carbocycles. The highest BCUT2D eigenvalue weighted by Crippen LogP contribution is 2.38. The molecule has 4 rings (SSSR count). The van der Waals surface area contributed by atoms with Crippen LogP contribution in [0.1, 0.15) is 17.6 Å². The summed E-state index contributed by atoms with van der Waals surface area (Å²) in [5.41, 5.74) is 6.34. The smallest absolute Gasteiger partial charge is 0.417 e. The highest BCUT2D eigenvalue weighted by atomic mass is 35.5. The number of amides is 1. The first kappa shape index (κ1) is 24.1. The minimum absolute atomic E-state index is 0.0218. The van der Waals surface area contributed by atoms with Crippen LogP contribution in [0, 0.1) is 0 Å². The third-order valence-electron chi connectivity index (χ3n) is 5.01. The quantitative estimate of drug-likeness (QED) is 0.524. The lowest BCUT2D eigenvalue weighted by Crippen LogP contribution is -2.45. The summed E-state index contributed by atoms with van der Waals surface area (Å²) in [6.45, 7) is -0.0780. The Morgan fingerprint density at radius 2 is 1.85 bits per heavy atom. The van der Waals surface area contributed by atoms with E-state index in [9.17, 15) is 30.8 Å². The Balaban J connectivity index is 1.81. The fourth-order valence-electron chi connectivity index (χ4n) is 3.37. The summed E-state index contributed by atoms with van der Waals surface area (Å²) in [4.78, 5) is 13.9. The van der Waals surface area contributed by atoms with Crippen LogP contribution in [0.4, 0.5) is 23.2 Å². The Morgan fingerprint density at radius 3 is 2.50 bits per heavy atom. The zero-order chi connectivity index (χ0) is 24.8. The van der Waals surface area contributed by atoms with Gasteiger partial charge in [-0.1, -0.05) is 23.7 Å².